The summed E-state index contributed by atoms with van der Waals surface area (Å²) in [4.78, 5) is 35.9. The molecule has 0 bridgehead atoms. The van der Waals surface area contributed by atoms with E-state index in [4.69, 9.17) is 9.47 Å². The molecule has 1 aromatic rings. The topological polar surface area (TPSA) is 75.2 Å². The van der Waals surface area contributed by atoms with Gasteiger partial charge in [0.15, 0.2) is 5.79 Å². The molecule has 8 heteroatoms. The van der Waals surface area contributed by atoms with Gasteiger partial charge >= 0.3 is 0 Å². The summed E-state index contributed by atoms with van der Waals surface area (Å²) in [5, 5.41) is 0. The van der Waals surface area contributed by atoms with Gasteiger partial charge in [-0.1, -0.05) is 6.92 Å². The number of aromatic nitrogens is 1. The zero-order valence-corrected chi connectivity index (χ0v) is 16.4. The van der Waals surface area contributed by atoms with Crippen LogP contribution in [0.4, 0.5) is 0 Å². The van der Waals surface area contributed by atoms with E-state index in [0.29, 0.717) is 63.5 Å². The Kier molecular flexibility index (Phi) is 5.61. The van der Waals surface area contributed by atoms with Gasteiger partial charge in [0.25, 0.3) is 11.8 Å². The van der Waals surface area contributed by atoms with Crippen molar-refractivity contribution in [2.24, 2.45) is 0 Å². The van der Waals surface area contributed by atoms with Gasteiger partial charge < -0.3 is 24.2 Å². The highest BCUT2D eigenvalue weighted by Crippen LogP contribution is 2.31. The van der Waals surface area contributed by atoms with Gasteiger partial charge in [0.05, 0.1) is 13.2 Å². The van der Waals surface area contributed by atoms with Gasteiger partial charge in [0.1, 0.15) is 5.69 Å². The van der Waals surface area contributed by atoms with E-state index in [1.165, 1.54) is 0 Å². The van der Waals surface area contributed by atoms with Crippen LogP contribution in [0.1, 0.15) is 40.6 Å². The number of rotatable bonds is 3. The number of piperazine rings is 1. The quantitative estimate of drug-likeness (QED) is 0.764. The molecule has 152 valence electrons. The molecular weight excluding hydrogens is 360 g/mol. The number of piperidine rings is 1. The highest BCUT2D eigenvalue weighted by Gasteiger charge is 2.41. The number of nitrogens with zero attached hydrogens (tertiary/aromatic N) is 4. The number of likely N-dealkylation sites (tertiary alicyclic amines) is 1. The summed E-state index contributed by atoms with van der Waals surface area (Å²) in [5.41, 5.74) is 0.849. The summed E-state index contributed by atoms with van der Waals surface area (Å²) in [7, 11) is 0. The molecule has 4 rings (SSSR count). The number of amides is 2. The first-order valence-electron chi connectivity index (χ1n) is 10.2. The van der Waals surface area contributed by atoms with E-state index in [1.807, 2.05) is 4.90 Å². The maximum Gasteiger partial charge on any atom is 0.272 e. The summed E-state index contributed by atoms with van der Waals surface area (Å²) in [6.45, 7) is 8.68. The van der Waals surface area contributed by atoms with Crippen LogP contribution in [-0.4, -0.2) is 96.3 Å². The lowest BCUT2D eigenvalue weighted by atomic mass is 10.0. The van der Waals surface area contributed by atoms with Crippen molar-refractivity contribution in [2.75, 3.05) is 59.0 Å². The second-order valence-electron chi connectivity index (χ2n) is 7.56. The zero-order valence-electron chi connectivity index (χ0n) is 16.4. The first kappa shape index (κ1) is 19.3. The van der Waals surface area contributed by atoms with Crippen molar-refractivity contribution in [3.63, 3.8) is 0 Å². The van der Waals surface area contributed by atoms with Crippen LogP contribution in [0.3, 0.4) is 0 Å². The third-order valence-electron chi connectivity index (χ3n) is 5.96. The minimum absolute atomic E-state index is 0.0694. The Morgan fingerprint density at radius 1 is 1.00 bits per heavy atom. The predicted octanol–water partition coefficient (Wildman–Crippen LogP) is 0.838. The Hall–Kier alpha value is -2.03. The van der Waals surface area contributed by atoms with E-state index in [-0.39, 0.29) is 11.8 Å². The first-order valence-corrected chi connectivity index (χ1v) is 10.2. The van der Waals surface area contributed by atoms with Crippen molar-refractivity contribution in [3.8, 4) is 0 Å². The average molecular weight is 388 g/mol. The van der Waals surface area contributed by atoms with Crippen molar-refractivity contribution in [3.05, 3.63) is 29.6 Å². The molecule has 0 N–H and O–H groups in total. The second-order valence-corrected chi connectivity index (χ2v) is 7.56. The molecule has 3 fully saturated rings. The number of pyridine rings is 1. The average Bonchev–Trinajstić information content (AvgIpc) is 3.21. The lowest BCUT2D eigenvalue weighted by Crippen LogP contribution is -2.48. The minimum Gasteiger partial charge on any atom is -0.347 e. The molecule has 1 spiro atoms. The summed E-state index contributed by atoms with van der Waals surface area (Å²) in [5.74, 6) is -0.674. The number of carbonyl (C=O) groups excluding carboxylic acids is 2. The maximum absolute atomic E-state index is 12.9. The van der Waals surface area contributed by atoms with Crippen LogP contribution in [0.15, 0.2) is 18.3 Å². The van der Waals surface area contributed by atoms with E-state index >= 15 is 0 Å². The summed E-state index contributed by atoms with van der Waals surface area (Å²) in [6.07, 6.45) is 2.91. The Morgan fingerprint density at radius 2 is 1.64 bits per heavy atom. The van der Waals surface area contributed by atoms with Crippen molar-refractivity contribution < 1.29 is 19.1 Å². The maximum atomic E-state index is 12.9. The van der Waals surface area contributed by atoms with E-state index in [1.54, 1.807) is 23.2 Å². The molecule has 1 aromatic heterocycles. The normalized spacial score (nSPS) is 22.6. The Morgan fingerprint density at radius 3 is 2.29 bits per heavy atom. The van der Waals surface area contributed by atoms with Crippen LogP contribution in [0, 0.1) is 0 Å². The Balaban J connectivity index is 1.39. The van der Waals surface area contributed by atoms with Crippen molar-refractivity contribution in [1.29, 1.82) is 0 Å². The third-order valence-corrected chi connectivity index (χ3v) is 5.96. The SMILES string of the molecule is CCN1CCN(C(=O)c2cc(C(=O)N3CCC4(CC3)OCCO4)ccn2)CC1. The predicted molar refractivity (Wildman–Crippen MR) is 102 cm³/mol. The van der Waals surface area contributed by atoms with Crippen molar-refractivity contribution >= 4 is 11.8 Å². The standard InChI is InChI=1S/C20H28N4O4/c1-2-22-9-11-24(12-10-22)19(26)17-15-16(3-6-21-17)18(25)23-7-4-20(5-8-23)27-13-14-28-20/h3,6,15H,2,4-5,7-14H2,1H3. The number of ether oxygens (including phenoxy) is 2. The summed E-state index contributed by atoms with van der Waals surface area (Å²) < 4.78 is 11.4. The van der Waals surface area contributed by atoms with Crippen LogP contribution < -0.4 is 0 Å². The van der Waals surface area contributed by atoms with Crippen LogP contribution in [0.5, 0.6) is 0 Å². The van der Waals surface area contributed by atoms with Gasteiger partial charge in [0.2, 0.25) is 0 Å². The van der Waals surface area contributed by atoms with E-state index in [9.17, 15) is 9.59 Å². The summed E-state index contributed by atoms with van der Waals surface area (Å²) >= 11 is 0. The number of likely N-dealkylation sites (N-methyl/N-ethyl adjacent to an activating group) is 1. The highest BCUT2D eigenvalue weighted by atomic mass is 16.7. The minimum atomic E-state index is -0.503. The van der Waals surface area contributed by atoms with Gasteiger partial charge in [-0.3, -0.25) is 14.6 Å². The number of carbonyl (C=O) groups is 2. The van der Waals surface area contributed by atoms with Crippen LogP contribution >= 0.6 is 0 Å². The fraction of sp³-hybridized carbons (Fsp3) is 0.650. The third kappa shape index (κ3) is 3.90. The van der Waals surface area contributed by atoms with E-state index < -0.39 is 5.79 Å². The van der Waals surface area contributed by atoms with Gasteiger partial charge in [-0.05, 0) is 18.7 Å². The monoisotopic (exact) mass is 388 g/mol. The molecule has 0 saturated carbocycles. The summed E-state index contributed by atoms with van der Waals surface area (Å²) in [6, 6.07) is 3.31. The fourth-order valence-electron chi connectivity index (χ4n) is 4.13. The first-order chi connectivity index (χ1) is 13.6. The van der Waals surface area contributed by atoms with Crippen molar-refractivity contribution in [1.82, 2.24) is 19.7 Å². The molecule has 3 saturated heterocycles. The zero-order chi connectivity index (χ0) is 19.6. The highest BCUT2D eigenvalue weighted by molar-refractivity contribution is 5.98. The van der Waals surface area contributed by atoms with E-state index in [0.717, 1.165) is 19.6 Å². The van der Waals surface area contributed by atoms with Gasteiger partial charge in [-0.15, -0.1) is 0 Å². The molecule has 0 aromatic carbocycles. The largest absolute Gasteiger partial charge is 0.347 e. The van der Waals surface area contributed by atoms with Gasteiger partial charge in [0, 0.05) is 63.9 Å². The van der Waals surface area contributed by atoms with Crippen LogP contribution in [0.2, 0.25) is 0 Å². The van der Waals surface area contributed by atoms with Gasteiger partial charge in [-0.25, -0.2) is 0 Å². The molecule has 0 unspecified atom stereocenters. The number of hydrogen-bond acceptors (Lipinski definition) is 6. The molecule has 3 aliphatic heterocycles. The molecule has 0 aliphatic carbocycles. The van der Waals surface area contributed by atoms with E-state index in [2.05, 4.69) is 16.8 Å². The second kappa shape index (κ2) is 8.14. The van der Waals surface area contributed by atoms with Crippen LogP contribution in [-0.2, 0) is 9.47 Å². The molecule has 0 atom stereocenters. The Bertz CT molecular complexity index is 717. The fourth-order valence-corrected chi connectivity index (χ4v) is 4.13. The molecule has 8 nitrogen and oxygen atoms in total. The number of hydrogen-bond donors (Lipinski definition) is 0. The van der Waals surface area contributed by atoms with Crippen LogP contribution in [0.25, 0.3) is 0 Å². The smallest absolute Gasteiger partial charge is 0.272 e. The van der Waals surface area contributed by atoms with Crippen molar-refractivity contribution in [2.45, 2.75) is 25.6 Å². The molecule has 3 aliphatic rings. The molecule has 2 amide bonds. The lowest BCUT2D eigenvalue weighted by Gasteiger charge is -2.37. The van der Waals surface area contributed by atoms with Gasteiger partial charge in [-0.2, -0.15) is 0 Å². The lowest BCUT2D eigenvalue weighted by molar-refractivity contribution is -0.181. The molecule has 0 radical (unpaired) electrons. The molecule has 4 heterocycles. The Labute approximate surface area is 165 Å². The molecular formula is C20H28N4O4. The molecule has 28 heavy (non-hydrogen) atoms.